The fourth-order valence-corrected chi connectivity index (χ4v) is 3.34. The number of nitrogens with two attached hydrogens (primary N) is 1. The van der Waals surface area contributed by atoms with Crippen molar-refractivity contribution in [1.29, 1.82) is 0 Å². The minimum atomic E-state index is -1.05. The molecular formula is C15H13Br2NO3. The van der Waals surface area contributed by atoms with Crippen molar-refractivity contribution in [3.63, 3.8) is 0 Å². The molecule has 21 heavy (non-hydrogen) atoms. The van der Waals surface area contributed by atoms with Gasteiger partial charge in [-0.3, -0.25) is 4.79 Å². The summed E-state index contributed by atoms with van der Waals surface area (Å²) in [5, 5.41) is 18.7. The second kappa shape index (κ2) is 6.60. The summed E-state index contributed by atoms with van der Waals surface area (Å²) in [7, 11) is 0. The molecule has 0 aliphatic heterocycles. The number of phenolic OH excluding ortho intramolecular Hbond substituents is 1. The predicted octanol–water partition coefficient (Wildman–Crippen LogP) is 3.54. The maximum atomic E-state index is 10.9. The van der Waals surface area contributed by atoms with E-state index in [0.717, 1.165) is 25.6 Å². The number of hydrogen-bond donors (Lipinski definition) is 3. The van der Waals surface area contributed by atoms with Crippen molar-refractivity contribution < 1.29 is 15.0 Å². The van der Waals surface area contributed by atoms with Crippen molar-refractivity contribution in [2.24, 2.45) is 5.73 Å². The summed E-state index contributed by atoms with van der Waals surface area (Å²) in [6.45, 7) is 0. The molecule has 0 saturated heterocycles. The van der Waals surface area contributed by atoms with E-state index < -0.39 is 12.0 Å². The van der Waals surface area contributed by atoms with Crippen LogP contribution < -0.4 is 5.73 Å². The Bertz CT molecular complexity index is 668. The smallest absolute Gasteiger partial charge is 0.320 e. The van der Waals surface area contributed by atoms with Crippen molar-refractivity contribution in [1.82, 2.24) is 0 Å². The second-order valence-electron chi connectivity index (χ2n) is 4.65. The highest BCUT2D eigenvalue weighted by Gasteiger charge is 2.16. The maximum Gasteiger partial charge on any atom is 0.320 e. The molecule has 110 valence electrons. The molecule has 4 N–H and O–H groups in total. The fraction of sp³-hybridized carbons (Fsp3) is 0.133. The van der Waals surface area contributed by atoms with E-state index in [-0.39, 0.29) is 12.2 Å². The highest BCUT2D eigenvalue weighted by Crippen LogP contribution is 2.32. The molecule has 6 heteroatoms. The van der Waals surface area contributed by atoms with Gasteiger partial charge in [0, 0.05) is 8.95 Å². The van der Waals surface area contributed by atoms with Gasteiger partial charge in [-0.05, 0) is 53.4 Å². The van der Waals surface area contributed by atoms with Gasteiger partial charge in [0.25, 0.3) is 0 Å². The van der Waals surface area contributed by atoms with Crippen LogP contribution in [-0.4, -0.2) is 22.2 Å². The van der Waals surface area contributed by atoms with Gasteiger partial charge in [0.1, 0.15) is 11.8 Å². The number of halogens is 2. The fourth-order valence-electron chi connectivity index (χ4n) is 2.04. The second-order valence-corrected chi connectivity index (χ2v) is 6.48. The van der Waals surface area contributed by atoms with Crippen LogP contribution >= 0.6 is 31.9 Å². The van der Waals surface area contributed by atoms with E-state index in [0.29, 0.717) is 0 Å². The summed E-state index contributed by atoms with van der Waals surface area (Å²) < 4.78 is 1.76. The van der Waals surface area contributed by atoms with Crippen molar-refractivity contribution in [2.75, 3.05) is 0 Å². The van der Waals surface area contributed by atoms with Crippen LogP contribution in [0.25, 0.3) is 11.1 Å². The number of carboxylic acids is 1. The van der Waals surface area contributed by atoms with Crippen molar-refractivity contribution in [2.45, 2.75) is 12.5 Å². The van der Waals surface area contributed by atoms with Gasteiger partial charge in [0.05, 0.1) is 0 Å². The average Bonchev–Trinajstić information content (AvgIpc) is 2.39. The Morgan fingerprint density at radius 1 is 1.14 bits per heavy atom. The third-order valence-electron chi connectivity index (χ3n) is 3.02. The number of phenols is 1. The normalized spacial score (nSPS) is 12.1. The highest BCUT2D eigenvalue weighted by atomic mass is 79.9. The summed E-state index contributed by atoms with van der Waals surface area (Å²) in [4.78, 5) is 10.9. The van der Waals surface area contributed by atoms with Gasteiger partial charge in [-0.2, -0.15) is 0 Å². The minimum absolute atomic E-state index is 0.119. The average molecular weight is 415 g/mol. The Morgan fingerprint density at radius 3 is 2.33 bits per heavy atom. The summed E-state index contributed by atoms with van der Waals surface area (Å²) in [6.07, 6.45) is 0.190. The summed E-state index contributed by atoms with van der Waals surface area (Å²) >= 11 is 6.83. The number of aromatic hydroxyl groups is 1. The van der Waals surface area contributed by atoms with Gasteiger partial charge in [0.15, 0.2) is 0 Å². The molecule has 0 aliphatic carbocycles. The molecule has 0 radical (unpaired) electrons. The molecule has 0 bridgehead atoms. The molecule has 0 spiro atoms. The Morgan fingerprint density at radius 2 is 1.76 bits per heavy atom. The summed E-state index contributed by atoms with van der Waals surface area (Å²) in [5.41, 5.74) is 8.00. The van der Waals surface area contributed by atoms with Gasteiger partial charge in [0.2, 0.25) is 0 Å². The van der Waals surface area contributed by atoms with E-state index in [4.69, 9.17) is 10.8 Å². The maximum absolute atomic E-state index is 10.9. The molecule has 0 aromatic heterocycles. The minimum Gasteiger partial charge on any atom is -0.508 e. The monoisotopic (exact) mass is 413 g/mol. The Kier molecular flexibility index (Phi) is 5.03. The predicted molar refractivity (Wildman–Crippen MR) is 88.3 cm³/mol. The van der Waals surface area contributed by atoms with Gasteiger partial charge in [-0.1, -0.05) is 37.9 Å². The lowest BCUT2D eigenvalue weighted by atomic mass is 9.95. The molecule has 0 amide bonds. The summed E-state index contributed by atoms with van der Waals surface area (Å²) in [5.74, 6) is -0.932. The lowest BCUT2D eigenvalue weighted by Crippen LogP contribution is -2.32. The molecule has 1 atom stereocenters. The topological polar surface area (TPSA) is 83.5 Å². The van der Waals surface area contributed by atoms with Crippen molar-refractivity contribution >= 4 is 37.8 Å². The molecule has 0 aliphatic rings. The van der Waals surface area contributed by atoms with E-state index in [1.165, 1.54) is 6.07 Å². The quantitative estimate of drug-likeness (QED) is 0.714. The Hall–Kier alpha value is -1.37. The van der Waals surface area contributed by atoms with E-state index >= 15 is 0 Å². The molecule has 4 nitrogen and oxygen atoms in total. The molecule has 0 heterocycles. The van der Waals surface area contributed by atoms with Crippen LogP contribution in [0.2, 0.25) is 0 Å². The third kappa shape index (κ3) is 4.06. The number of hydrogen-bond acceptors (Lipinski definition) is 3. The Labute approximate surface area is 138 Å². The van der Waals surface area contributed by atoms with Crippen LogP contribution in [0.4, 0.5) is 0 Å². The van der Waals surface area contributed by atoms with Crippen LogP contribution in [0, 0.1) is 0 Å². The van der Waals surface area contributed by atoms with Crippen LogP contribution in [0.3, 0.4) is 0 Å². The zero-order valence-electron chi connectivity index (χ0n) is 10.9. The van der Waals surface area contributed by atoms with Gasteiger partial charge < -0.3 is 15.9 Å². The first-order valence-corrected chi connectivity index (χ1v) is 7.72. The first kappa shape index (κ1) is 16.0. The number of carbonyl (C=O) groups is 1. The third-order valence-corrected chi connectivity index (χ3v) is 3.94. The van der Waals surface area contributed by atoms with Gasteiger partial charge in [-0.15, -0.1) is 0 Å². The van der Waals surface area contributed by atoms with E-state index in [1.54, 1.807) is 12.1 Å². The zero-order valence-corrected chi connectivity index (χ0v) is 14.1. The van der Waals surface area contributed by atoms with E-state index in [2.05, 4.69) is 31.9 Å². The molecule has 0 saturated carbocycles. The summed E-state index contributed by atoms with van der Waals surface area (Å²) in [6, 6.07) is 9.55. The number of benzene rings is 2. The van der Waals surface area contributed by atoms with Crippen LogP contribution in [0.15, 0.2) is 45.3 Å². The van der Waals surface area contributed by atoms with E-state index in [1.807, 2.05) is 18.2 Å². The molecule has 1 unspecified atom stereocenters. The molecular weight excluding hydrogens is 402 g/mol. The Balaban J connectivity index is 2.50. The molecule has 2 rings (SSSR count). The molecule has 0 fully saturated rings. The first-order valence-electron chi connectivity index (χ1n) is 6.13. The van der Waals surface area contributed by atoms with Crippen molar-refractivity contribution in [3.05, 3.63) is 50.9 Å². The number of rotatable bonds is 4. The van der Waals surface area contributed by atoms with Crippen LogP contribution in [0.1, 0.15) is 5.56 Å². The first-order chi connectivity index (χ1) is 9.86. The number of aliphatic carboxylic acids is 1. The largest absolute Gasteiger partial charge is 0.508 e. The highest BCUT2D eigenvalue weighted by molar-refractivity contribution is 9.11. The number of carboxylic acid groups (broad SMARTS) is 1. The van der Waals surface area contributed by atoms with Gasteiger partial charge in [-0.25, -0.2) is 0 Å². The zero-order chi connectivity index (χ0) is 15.6. The molecule has 2 aromatic rings. The van der Waals surface area contributed by atoms with Crippen molar-refractivity contribution in [3.8, 4) is 16.9 Å². The SMILES string of the molecule is NC(Cc1ccc(O)cc1-c1cc(Br)cc(Br)c1)C(=O)O. The lowest BCUT2D eigenvalue weighted by Gasteiger charge is -2.13. The lowest BCUT2D eigenvalue weighted by molar-refractivity contribution is -0.138. The van der Waals surface area contributed by atoms with Gasteiger partial charge >= 0.3 is 5.97 Å². The van der Waals surface area contributed by atoms with E-state index in [9.17, 15) is 9.90 Å². The van der Waals surface area contributed by atoms with Crippen LogP contribution in [-0.2, 0) is 11.2 Å². The molecule has 2 aromatic carbocycles. The van der Waals surface area contributed by atoms with Crippen LogP contribution in [0.5, 0.6) is 5.75 Å². The standard InChI is InChI=1S/C15H13Br2NO3/c16-10-3-9(4-11(17)6-10)13-7-12(19)2-1-8(13)5-14(18)15(20)21/h1-4,6-7,14,19H,5,18H2,(H,20,21).